The lowest BCUT2D eigenvalue weighted by Gasteiger charge is -2.02. The van der Waals surface area contributed by atoms with E-state index in [1.807, 2.05) is 30.3 Å². The van der Waals surface area contributed by atoms with E-state index in [9.17, 15) is 4.79 Å². The number of carbonyl (C=O) groups is 1. The van der Waals surface area contributed by atoms with Crippen molar-refractivity contribution in [1.82, 2.24) is 0 Å². The molecule has 1 aromatic carbocycles. The van der Waals surface area contributed by atoms with Crippen LogP contribution in [-0.4, -0.2) is 17.2 Å². The number of anilines is 1. The minimum Gasteiger partial charge on any atom is -0.303 e. The van der Waals surface area contributed by atoms with Crippen molar-refractivity contribution in [3.05, 3.63) is 30.3 Å². The van der Waals surface area contributed by atoms with E-state index in [1.165, 1.54) is 13.8 Å². The Labute approximate surface area is 88.5 Å². The second-order valence-corrected chi connectivity index (χ2v) is 3.12. The maximum absolute atomic E-state index is 11.1. The van der Waals surface area contributed by atoms with Gasteiger partial charge in [-0.25, -0.2) is 0 Å². The van der Waals surface area contributed by atoms with Crippen LogP contribution in [0.2, 0.25) is 0 Å². The molecule has 0 unspecified atom stereocenters. The van der Waals surface area contributed by atoms with Gasteiger partial charge in [-0.15, -0.1) is 0 Å². The Morgan fingerprint density at radius 3 is 2.33 bits per heavy atom. The van der Waals surface area contributed by atoms with Gasteiger partial charge < -0.3 is 5.41 Å². The molecule has 0 saturated heterocycles. The third kappa shape index (κ3) is 3.34. The van der Waals surface area contributed by atoms with Gasteiger partial charge in [0, 0.05) is 6.92 Å². The molecule has 0 saturated carbocycles. The van der Waals surface area contributed by atoms with Crippen LogP contribution in [-0.2, 0) is 4.79 Å². The molecule has 0 bridgehead atoms. The molecule has 4 nitrogen and oxygen atoms in total. The summed E-state index contributed by atoms with van der Waals surface area (Å²) in [7, 11) is 0. The number of hydrazone groups is 1. The zero-order valence-corrected chi connectivity index (χ0v) is 8.74. The predicted molar refractivity (Wildman–Crippen MR) is 61.6 cm³/mol. The van der Waals surface area contributed by atoms with Crippen LogP contribution >= 0.6 is 0 Å². The summed E-state index contributed by atoms with van der Waals surface area (Å²) in [6, 6.07) is 9.29. The molecule has 0 aliphatic carbocycles. The summed E-state index contributed by atoms with van der Waals surface area (Å²) in [4.78, 5) is 11.1. The predicted octanol–water partition coefficient (Wildman–Crippen LogP) is 2.08. The highest BCUT2D eigenvalue weighted by Crippen LogP contribution is 2.04. The fourth-order valence-electron chi connectivity index (χ4n) is 1.06. The first-order chi connectivity index (χ1) is 7.11. The highest BCUT2D eigenvalue weighted by Gasteiger charge is 2.07. The number of rotatable bonds is 4. The van der Waals surface area contributed by atoms with E-state index in [2.05, 4.69) is 10.5 Å². The van der Waals surface area contributed by atoms with Gasteiger partial charge in [-0.2, -0.15) is 5.10 Å². The quantitative estimate of drug-likeness (QED) is 0.581. The zero-order chi connectivity index (χ0) is 11.3. The lowest BCUT2D eigenvalue weighted by Crippen LogP contribution is -2.19. The summed E-state index contributed by atoms with van der Waals surface area (Å²) in [5.41, 5.74) is 3.83. The number of para-hydroxylation sites is 1. The normalized spacial score (nSPS) is 10.9. The molecule has 0 fully saturated rings. The molecule has 15 heavy (non-hydrogen) atoms. The molecule has 4 heteroatoms. The summed E-state index contributed by atoms with van der Waals surface area (Å²) in [5.74, 6) is -0.217. The molecule has 0 aliphatic heterocycles. The molecule has 0 amide bonds. The number of nitrogens with one attached hydrogen (secondary N) is 2. The Kier molecular flexibility index (Phi) is 3.74. The van der Waals surface area contributed by atoms with E-state index < -0.39 is 0 Å². The standard InChI is InChI=1S/C11H13N3O/c1-8(12)11(9(2)15)14-13-10-6-4-3-5-7-10/h3-7,12-13H,1-2H3. The van der Waals surface area contributed by atoms with Crippen LogP contribution in [0.1, 0.15) is 13.8 Å². The highest BCUT2D eigenvalue weighted by molar-refractivity contribution is 6.66. The van der Waals surface area contributed by atoms with E-state index in [4.69, 9.17) is 5.41 Å². The van der Waals surface area contributed by atoms with Gasteiger partial charge in [-0.3, -0.25) is 10.2 Å². The van der Waals surface area contributed by atoms with E-state index in [-0.39, 0.29) is 17.2 Å². The molecular weight excluding hydrogens is 190 g/mol. The minimum atomic E-state index is -0.217. The molecule has 0 spiro atoms. The largest absolute Gasteiger partial charge is 0.303 e. The Morgan fingerprint density at radius 2 is 1.87 bits per heavy atom. The van der Waals surface area contributed by atoms with Crippen molar-refractivity contribution in [3.8, 4) is 0 Å². The van der Waals surface area contributed by atoms with Crippen molar-refractivity contribution in [3.63, 3.8) is 0 Å². The van der Waals surface area contributed by atoms with Gasteiger partial charge in [0.1, 0.15) is 5.71 Å². The van der Waals surface area contributed by atoms with E-state index in [1.54, 1.807) is 0 Å². The summed E-state index contributed by atoms with van der Waals surface area (Å²) in [6.07, 6.45) is 0. The summed E-state index contributed by atoms with van der Waals surface area (Å²) < 4.78 is 0. The number of benzene rings is 1. The van der Waals surface area contributed by atoms with E-state index in [0.717, 1.165) is 5.69 Å². The fourth-order valence-corrected chi connectivity index (χ4v) is 1.06. The number of hydrogen-bond donors (Lipinski definition) is 2. The molecule has 1 aromatic rings. The third-order valence-corrected chi connectivity index (χ3v) is 1.76. The van der Waals surface area contributed by atoms with Crippen LogP contribution in [0.5, 0.6) is 0 Å². The van der Waals surface area contributed by atoms with Crippen molar-refractivity contribution in [2.24, 2.45) is 5.10 Å². The van der Waals surface area contributed by atoms with E-state index in [0.29, 0.717) is 0 Å². The van der Waals surface area contributed by atoms with Crippen LogP contribution in [0.25, 0.3) is 0 Å². The first kappa shape index (κ1) is 11.1. The van der Waals surface area contributed by atoms with Crippen molar-refractivity contribution in [1.29, 1.82) is 5.41 Å². The lowest BCUT2D eigenvalue weighted by atomic mass is 10.2. The average molecular weight is 203 g/mol. The number of nitrogens with zero attached hydrogens (tertiary/aromatic N) is 1. The monoisotopic (exact) mass is 203 g/mol. The Morgan fingerprint density at radius 1 is 1.27 bits per heavy atom. The van der Waals surface area contributed by atoms with Crippen LogP contribution in [0.15, 0.2) is 35.4 Å². The molecule has 0 radical (unpaired) electrons. The number of hydrogen-bond acceptors (Lipinski definition) is 4. The number of carbonyl (C=O) groups excluding carboxylic acids is 1. The van der Waals surface area contributed by atoms with Gasteiger partial charge in [-0.05, 0) is 19.1 Å². The van der Waals surface area contributed by atoms with Gasteiger partial charge in [0.25, 0.3) is 0 Å². The highest BCUT2D eigenvalue weighted by atomic mass is 16.1. The molecule has 0 atom stereocenters. The summed E-state index contributed by atoms with van der Waals surface area (Å²) >= 11 is 0. The van der Waals surface area contributed by atoms with Crippen molar-refractivity contribution >= 4 is 22.9 Å². The Hall–Kier alpha value is -1.97. The Balaban J connectivity index is 2.79. The second-order valence-electron chi connectivity index (χ2n) is 3.12. The first-order valence-electron chi connectivity index (χ1n) is 4.56. The molecule has 0 aliphatic rings. The van der Waals surface area contributed by atoms with Crippen LogP contribution in [0.3, 0.4) is 0 Å². The molecular formula is C11H13N3O. The van der Waals surface area contributed by atoms with Crippen LogP contribution in [0, 0.1) is 5.41 Å². The van der Waals surface area contributed by atoms with Crippen molar-refractivity contribution in [2.75, 3.05) is 5.43 Å². The molecule has 2 N–H and O–H groups in total. The molecule has 0 heterocycles. The minimum absolute atomic E-state index is 0.152. The van der Waals surface area contributed by atoms with Crippen LogP contribution < -0.4 is 5.43 Å². The molecule has 0 aromatic heterocycles. The number of ketones is 1. The summed E-state index contributed by atoms with van der Waals surface area (Å²) in [6.45, 7) is 2.93. The van der Waals surface area contributed by atoms with Gasteiger partial charge in [0.15, 0.2) is 5.78 Å². The number of Topliss-reactive ketones (excluding diaryl/α,β-unsaturated/α-hetero) is 1. The maximum Gasteiger partial charge on any atom is 0.181 e. The van der Waals surface area contributed by atoms with E-state index >= 15 is 0 Å². The van der Waals surface area contributed by atoms with Gasteiger partial charge in [0.2, 0.25) is 0 Å². The third-order valence-electron chi connectivity index (χ3n) is 1.76. The second kappa shape index (κ2) is 5.05. The van der Waals surface area contributed by atoms with Crippen LogP contribution in [0.4, 0.5) is 5.69 Å². The van der Waals surface area contributed by atoms with Crippen molar-refractivity contribution < 1.29 is 4.79 Å². The fraction of sp³-hybridized carbons (Fsp3) is 0.182. The first-order valence-corrected chi connectivity index (χ1v) is 4.56. The van der Waals surface area contributed by atoms with Gasteiger partial charge in [-0.1, -0.05) is 18.2 Å². The average Bonchev–Trinajstić information content (AvgIpc) is 2.18. The zero-order valence-electron chi connectivity index (χ0n) is 8.74. The summed E-state index contributed by atoms with van der Waals surface area (Å²) in [5, 5.41) is 11.2. The maximum atomic E-state index is 11.1. The smallest absolute Gasteiger partial charge is 0.181 e. The van der Waals surface area contributed by atoms with Gasteiger partial charge in [0.05, 0.1) is 11.4 Å². The SMILES string of the molecule is CC(=N)C(=NNc1ccccc1)C(C)=O. The Bertz CT molecular complexity index is 380. The molecule has 1 rings (SSSR count). The van der Waals surface area contributed by atoms with Crippen molar-refractivity contribution in [2.45, 2.75) is 13.8 Å². The lowest BCUT2D eigenvalue weighted by molar-refractivity contribution is -0.110. The topological polar surface area (TPSA) is 65.3 Å². The molecule has 78 valence electrons. The van der Waals surface area contributed by atoms with Gasteiger partial charge >= 0.3 is 0 Å².